The molecule has 0 saturated heterocycles. The lowest BCUT2D eigenvalue weighted by Gasteiger charge is -2.27. The molecule has 0 radical (unpaired) electrons. The van der Waals surface area contributed by atoms with Crippen LogP contribution >= 0.6 is 0 Å². The van der Waals surface area contributed by atoms with Crippen LogP contribution in [0.3, 0.4) is 0 Å². The summed E-state index contributed by atoms with van der Waals surface area (Å²) in [6.45, 7) is 3.72. The molecule has 0 heterocycles. The van der Waals surface area contributed by atoms with Crippen LogP contribution in [0.2, 0.25) is 0 Å². The number of nitrogens with one attached hydrogen (secondary N) is 1. The van der Waals surface area contributed by atoms with E-state index in [1.54, 1.807) is 12.1 Å². The van der Waals surface area contributed by atoms with Crippen LogP contribution in [0.15, 0.2) is 54.6 Å². The Morgan fingerprint density at radius 1 is 1.00 bits per heavy atom. The molecule has 21 heavy (non-hydrogen) atoms. The van der Waals surface area contributed by atoms with E-state index < -0.39 is 16.1 Å². The van der Waals surface area contributed by atoms with Crippen LogP contribution in [-0.4, -0.2) is 8.42 Å². The Bertz CT molecular complexity index is 678. The van der Waals surface area contributed by atoms with Gasteiger partial charge in [-0.2, -0.15) is 13.2 Å². The van der Waals surface area contributed by atoms with E-state index in [9.17, 15) is 4.39 Å². The summed E-state index contributed by atoms with van der Waals surface area (Å²) >= 11 is 0. The highest BCUT2D eigenvalue weighted by Gasteiger charge is 2.25. The van der Waals surface area contributed by atoms with Crippen LogP contribution in [0.4, 0.5) is 4.39 Å². The molecule has 0 fully saturated rings. The Balaban J connectivity index is 0.000000491. The molecule has 1 N–H and O–H groups in total. The van der Waals surface area contributed by atoms with Gasteiger partial charge in [-0.1, -0.05) is 36.4 Å². The van der Waals surface area contributed by atoms with Crippen LogP contribution in [0.1, 0.15) is 19.4 Å². The maximum Gasteiger partial charge on any atom is 0.308 e. The maximum atomic E-state index is 13.7. The van der Waals surface area contributed by atoms with Gasteiger partial charge in [-0.25, -0.2) is 4.39 Å². The minimum absolute atomic E-state index is 0.242. The molecule has 2 aromatic carbocycles. The van der Waals surface area contributed by atoms with Crippen molar-refractivity contribution in [3.63, 3.8) is 0 Å². The molecule has 0 aliphatic carbocycles. The third-order valence-electron chi connectivity index (χ3n) is 2.64. The largest absolute Gasteiger partial charge is 0.483 e. The molecule has 0 atom stereocenters. The summed E-state index contributed by atoms with van der Waals surface area (Å²) in [7, 11) is -2.61. The predicted octanol–water partition coefficient (Wildman–Crippen LogP) is 3.77. The monoisotopic (exact) mass is 309 g/mol. The quantitative estimate of drug-likeness (QED) is 0.938. The smallest absolute Gasteiger partial charge is 0.308 e. The van der Waals surface area contributed by atoms with E-state index in [1.165, 1.54) is 6.07 Å². The van der Waals surface area contributed by atoms with Gasteiger partial charge in [0.25, 0.3) is 0 Å². The number of hydrogen-bond donors (Lipinski definition) is 1. The Labute approximate surface area is 124 Å². The summed E-state index contributed by atoms with van der Waals surface area (Å²) in [4.78, 5) is 0. The molecular formula is C15H16FNO3S. The number of ether oxygens (including phenoxy) is 1. The fraction of sp³-hybridized carbons (Fsp3) is 0.200. The highest BCUT2D eigenvalue weighted by atomic mass is 32.2. The first-order chi connectivity index (χ1) is 9.83. The van der Waals surface area contributed by atoms with Crippen LogP contribution in [0.5, 0.6) is 5.75 Å². The zero-order valence-electron chi connectivity index (χ0n) is 11.7. The first-order valence-electron chi connectivity index (χ1n) is 6.12. The number of rotatable bonds is 3. The summed E-state index contributed by atoms with van der Waals surface area (Å²) < 4.78 is 42.4. The zero-order chi connectivity index (χ0) is 15.9. The molecule has 6 heteroatoms. The summed E-state index contributed by atoms with van der Waals surface area (Å²) in [5, 5.41) is 0. The van der Waals surface area contributed by atoms with Gasteiger partial charge in [0.2, 0.25) is 0 Å². The van der Waals surface area contributed by atoms with Gasteiger partial charge in [-0.3, -0.25) is 0 Å². The van der Waals surface area contributed by atoms with E-state index in [1.807, 2.05) is 50.2 Å². The summed E-state index contributed by atoms with van der Waals surface area (Å²) in [6, 6.07) is 16.1. The highest BCUT2D eigenvalue weighted by molar-refractivity contribution is 7.60. The Morgan fingerprint density at radius 2 is 1.48 bits per heavy atom. The van der Waals surface area contributed by atoms with Crippen molar-refractivity contribution in [3.05, 3.63) is 66.0 Å². The number of benzene rings is 2. The number of hydrogen-bond acceptors (Lipinski definition) is 4. The molecule has 0 aliphatic rings. The molecule has 0 amide bonds. The van der Waals surface area contributed by atoms with E-state index in [-0.39, 0.29) is 5.82 Å². The van der Waals surface area contributed by atoms with Gasteiger partial charge in [0.15, 0.2) is 0 Å². The minimum Gasteiger partial charge on any atom is -0.483 e. The average molecular weight is 309 g/mol. The van der Waals surface area contributed by atoms with Gasteiger partial charge in [0, 0.05) is 5.56 Å². The van der Waals surface area contributed by atoms with Crippen LogP contribution in [-0.2, 0) is 16.1 Å². The summed E-state index contributed by atoms with van der Waals surface area (Å²) in [6.07, 6.45) is 0. The molecule has 2 rings (SSSR count). The van der Waals surface area contributed by atoms with E-state index in [0.717, 1.165) is 5.75 Å². The molecule has 0 bridgehead atoms. The van der Waals surface area contributed by atoms with Crippen molar-refractivity contribution >= 4 is 10.5 Å². The van der Waals surface area contributed by atoms with Crippen LogP contribution < -0.4 is 4.74 Å². The average Bonchev–Trinajstić information content (AvgIpc) is 2.39. The summed E-state index contributed by atoms with van der Waals surface area (Å²) in [5.41, 5.74) is -0.129. The molecular weight excluding hydrogens is 293 g/mol. The van der Waals surface area contributed by atoms with Crippen LogP contribution in [0.25, 0.3) is 0 Å². The van der Waals surface area contributed by atoms with Crippen LogP contribution in [0, 0.1) is 10.6 Å². The van der Waals surface area contributed by atoms with Crippen molar-refractivity contribution < 1.29 is 17.5 Å². The van der Waals surface area contributed by atoms with Gasteiger partial charge < -0.3 is 4.74 Å². The van der Waals surface area contributed by atoms with Gasteiger partial charge in [-0.05, 0) is 32.0 Å². The van der Waals surface area contributed by atoms with Crippen molar-refractivity contribution in [2.24, 2.45) is 0 Å². The third-order valence-corrected chi connectivity index (χ3v) is 2.64. The zero-order valence-corrected chi connectivity index (χ0v) is 12.5. The topological polar surface area (TPSA) is 67.2 Å². The second-order valence-electron chi connectivity index (χ2n) is 4.64. The molecule has 112 valence electrons. The minimum atomic E-state index is -2.61. The first-order valence-corrected chi connectivity index (χ1v) is 7.20. The predicted molar refractivity (Wildman–Crippen MR) is 78.1 cm³/mol. The lowest BCUT2D eigenvalue weighted by atomic mass is 9.97. The number of halogens is 1. The molecule has 0 aliphatic heterocycles. The molecule has 0 aromatic heterocycles. The fourth-order valence-electron chi connectivity index (χ4n) is 1.79. The van der Waals surface area contributed by atoms with Crippen molar-refractivity contribution in [2.75, 3.05) is 0 Å². The van der Waals surface area contributed by atoms with E-state index in [0.29, 0.717) is 5.56 Å². The fourth-order valence-corrected chi connectivity index (χ4v) is 1.79. The van der Waals surface area contributed by atoms with Gasteiger partial charge in [-0.15, -0.1) is 0 Å². The Hall–Kier alpha value is -2.21. The maximum absolute atomic E-state index is 13.7. The SMILES string of the molecule is CC(C)(Oc1ccccc1)c1ccccc1F.N=S(=O)=O. The van der Waals surface area contributed by atoms with Gasteiger partial charge in [0.1, 0.15) is 17.2 Å². The Kier molecular flexibility index (Phi) is 6.05. The lowest BCUT2D eigenvalue weighted by molar-refractivity contribution is 0.104. The number of para-hydroxylation sites is 1. The van der Waals surface area contributed by atoms with Gasteiger partial charge >= 0.3 is 10.5 Å². The summed E-state index contributed by atoms with van der Waals surface area (Å²) in [5.74, 6) is 0.495. The molecule has 0 saturated carbocycles. The van der Waals surface area contributed by atoms with E-state index in [4.69, 9.17) is 17.9 Å². The second kappa shape index (κ2) is 7.54. The molecule has 4 nitrogen and oxygen atoms in total. The molecule has 0 spiro atoms. The van der Waals surface area contributed by atoms with Crippen molar-refractivity contribution in [2.45, 2.75) is 19.4 Å². The van der Waals surface area contributed by atoms with E-state index >= 15 is 0 Å². The van der Waals surface area contributed by atoms with Crippen molar-refractivity contribution in [3.8, 4) is 5.75 Å². The second-order valence-corrected chi connectivity index (χ2v) is 5.11. The standard InChI is InChI=1S/C15H15FO.HNO2S/c1-15(2,13-10-6-7-11-14(13)16)17-12-8-4-3-5-9-12;1-4(2)3/h3-11H,1-2H3;1H. The van der Waals surface area contributed by atoms with E-state index in [2.05, 4.69) is 0 Å². The Morgan fingerprint density at radius 3 is 2.00 bits per heavy atom. The first kappa shape index (κ1) is 16.8. The van der Waals surface area contributed by atoms with Gasteiger partial charge in [0.05, 0.1) is 0 Å². The third kappa shape index (κ3) is 5.74. The highest BCUT2D eigenvalue weighted by Crippen LogP contribution is 2.28. The molecule has 0 unspecified atom stereocenters. The van der Waals surface area contributed by atoms with Crippen molar-refractivity contribution in [1.29, 1.82) is 4.78 Å². The van der Waals surface area contributed by atoms with Crippen molar-refractivity contribution in [1.82, 2.24) is 0 Å². The lowest BCUT2D eigenvalue weighted by Crippen LogP contribution is -2.26. The molecule has 2 aromatic rings. The normalized spacial score (nSPS) is 10.2.